The fourth-order valence-electron chi connectivity index (χ4n) is 1.78. The van der Waals surface area contributed by atoms with E-state index in [-0.39, 0.29) is 11.3 Å². The second-order valence-electron chi connectivity index (χ2n) is 6.18. The molecule has 0 atom stereocenters. The van der Waals surface area contributed by atoms with Crippen molar-refractivity contribution in [2.24, 2.45) is 11.3 Å². The van der Waals surface area contributed by atoms with Gasteiger partial charge in [-0.05, 0) is 24.2 Å². The standard InChI is InChI=1S/C13H21N3O/c1-13(2,3)6-12(17)15-11-7-14-16(9-11)8-10-4-5-10/h7,9-10H,4-6,8H2,1-3H3,(H,15,17). The predicted molar refractivity (Wildman–Crippen MR) is 67.7 cm³/mol. The van der Waals surface area contributed by atoms with Crippen LogP contribution in [-0.2, 0) is 11.3 Å². The number of carbonyl (C=O) groups is 1. The van der Waals surface area contributed by atoms with Crippen LogP contribution < -0.4 is 5.32 Å². The Hall–Kier alpha value is -1.32. The van der Waals surface area contributed by atoms with Crippen LogP contribution in [0, 0.1) is 11.3 Å². The largest absolute Gasteiger partial charge is 0.323 e. The molecule has 0 aliphatic heterocycles. The van der Waals surface area contributed by atoms with E-state index >= 15 is 0 Å². The average molecular weight is 235 g/mol. The molecule has 0 spiro atoms. The summed E-state index contributed by atoms with van der Waals surface area (Å²) < 4.78 is 1.92. The molecule has 4 nitrogen and oxygen atoms in total. The Balaban J connectivity index is 1.85. The first-order valence-electron chi connectivity index (χ1n) is 6.25. The topological polar surface area (TPSA) is 46.9 Å². The minimum Gasteiger partial charge on any atom is -0.323 e. The van der Waals surface area contributed by atoms with Gasteiger partial charge in [-0.25, -0.2) is 0 Å². The molecule has 0 bridgehead atoms. The first-order chi connectivity index (χ1) is 7.92. The van der Waals surface area contributed by atoms with Crippen LogP contribution in [0.5, 0.6) is 0 Å². The number of amides is 1. The zero-order valence-corrected chi connectivity index (χ0v) is 10.9. The van der Waals surface area contributed by atoms with Crippen LogP contribution in [0.25, 0.3) is 0 Å². The molecule has 1 amide bonds. The maximum Gasteiger partial charge on any atom is 0.224 e. The number of hydrogen-bond donors (Lipinski definition) is 1. The third kappa shape index (κ3) is 4.21. The third-order valence-corrected chi connectivity index (χ3v) is 2.75. The molecule has 1 heterocycles. The number of hydrogen-bond acceptors (Lipinski definition) is 2. The molecule has 94 valence electrons. The van der Waals surface area contributed by atoms with Crippen molar-refractivity contribution in [3.63, 3.8) is 0 Å². The Morgan fingerprint density at radius 3 is 2.82 bits per heavy atom. The number of anilines is 1. The van der Waals surface area contributed by atoms with E-state index in [2.05, 4.69) is 31.2 Å². The number of aromatic nitrogens is 2. The van der Waals surface area contributed by atoms with Gasteiger partial charge in [0.25, 0.3) is 0 Å². The molecule has 2 rings (SSSR count). The molecule has 4 heteroatoms. The van der Waals surface area contributed by atoms with Crippen molar-refractivity contribution in [1.82, 2.24) is 9.78 Å². The van der Waals surface area contributed by atoms with E-state index in [1.165, 1.54) is 12.8 Å². The van der Waals surface area contributed by atoms with E-state index in [1.807, 2.05) is 10.9 Å². The van der Waals surface area contributed by atoms with Crippen LogP contribution >= 0.6 is 0 Å². The van der Waals surface area contributed by atoms with Crippen LogP contribution in [0.2, 0.25) is 0 Å². The molecule has 1 aliphatic rings. The molecule has 1 aromatic rings. The Kier molecular flexibility index (Phi) is 3.22. The maximum atomic E-state index is 11.7. The minimum atomic E-state index is 0.0219. The first kappa shape index (κ1) is 12.1. The normalized spacial score (nSPS) is 15.9. The highest BCUT2D eigenvalue weighted by Crippen LogP contribution is 2.30. The first-order valence-corrected chi connectivity index (χ1v) is 6.25. The van der Waals surface area contributed by atoms with E-state index in [9.17, 15) is 4.79 Å². The molecule has 1 aromatic heterocycles. The molecular weight excluding hydrogens is 214 g/mol. The lowest BCUT2D eigenvalue weighted by atomic mass is 9.92. The highest BCUT2D eigenvalue weighted by molar-refractivity contribution is 5.90. The van der Waals surface area contributed by atoms with E-state index in [0.717, 1.165) is 18.2 Å². The summed E-state index contributed by atoms with van der Waals surface area (Å²) in [5, 5.41) is 7.14. The van der Waals surface area contributed by atoms with Crippen molar-refractivity contribution in [2.75, 3.05) is 5.32 Å². The fourth-order valence-corrected chi connectivity index (χ4v) is 1.78. The van der Waals surface area contributed by atoms with Crippen LogP contribution in [0.15, 0.2) is 12.4 Å². The maximum absolute atomic E-state index is 11.7. The SMILES string of the molecule is CC(C)(C)CC(=O)Nc1cnn(CC2CC2)c1. The van der Waals surface area contributed by atoms with Crippen LogP contribution in [0.3, 0.4) is 0 Å². The molecule has 1 aliphatic carbocycles. The molecule has 1 saturated carbocycles. The quantitative estimate of drug-likeness (QED) is 0.872. The molecule has 0 aromatic carbocycles. The van der Waals surface area contributed by atoms with Crippen molar-refractivity contribution in [3.8, 4) is 0 Å². The molecule has 17 heavy (non-hydrogen) atoms. The minimum absolute atomic E-state index is 0.0219. The summed E-state index contributed by atoms with van der Waals surface area (Å²) in [7, 11) is 0. The summed E-state index contributed by atoms with van der Waals surface area (Å²) in [4.78, 5) is 11.7. The predicted octanol–water partition coefficient (Wildman–Crippen LogP) is 2.67. The molecule has 1 fully saturated rings. The second kappa shape index (κ2) is 4.51. The lowest BCUT2D eigenvalue weighted by Crippen LogP contribution is -2.19. The van der Waals surface area contributed by atoms with Gasteiger partial charge in [0.2, 0.25) is 5.91 Å². The monoisotopic (exact) mass is 235 g/mol. The van der Waals surface area contributed by atoms with Crippen molar-refractivity contribution in [3.05, 3.63) is 12.4 Å². The van der Waals surface area contributed by atoms with Gasteiger partial charge in [0.05, 0.1) is 11.9 Å². The Bertz CT molecular complexity index is 399. The van der Waals surface area contributed by atoms with Gasteiger partial charge in [-0.2, -0.15) is 5.10 Å². The zero-order valence-electron chi connectivity index (χ0n) is 10.9. The lowest BCUT2D eigenvalue weighted by molar-refractivity contribution is -0.117. The van der Waals surface area contributed by atoms with Crippen molar-refractivity contribution in [2.45, 2.75) is 46.6 Å². The second-order valence-corrected chi connectivity index (χ2v) is 6.18. The van der Waals surface area contributed by atoms with E-state index in [0.29, 0.717) is 6.42 Å². The summed E-state index contributed by atoms with van der Waals surface area (Å²) in [6.07, 6.45) is 6.79. The summed E-state index contributed by atoms with van der Waals surface area (Å²) >= 11 is 0. The van der Waals surface area contributed by atoms with Gasteiger partial charge in [0, 0.05) is 19.2 Å². The molecule has 0 radical (unpaired) electrons. The molecule has 0 saturated heterocycles. The van der Waals surface area contributed by atoms with Gasteiger partial charge >= 0.3 is 0 Å². The number of nitrogens with zero attached hydrogens (tertiary/aromatic N) is 2. The van der Waals surface area contributed by atoms with Crippen LogP contribution in [0.1, 0.15) is 40.0 Å². The molecule has 0 unspecified atom stereocenters. The van der Waals surface area contributed by atoms with E-state index in [1.54, 1.807) is 6.20 Å². The van der Waals surface area contributed by atoms with Gasteiger partial charge in [-0.3, -0.25) is 9.48 Å². The van der Waals surface area contributed by atoms with E-state index in [4.69, 9.17) is 0 Å². The summed E-state index contributed by atoms with van der Waals surface area (Å²) in [6.45, 7) is 7.16. The molecule has 1 N–H and O–H groups in total. The van der Waals surface area contributed by atoms with E-state index < -0.39 is 0 Å². The average Bonchev–Trinajstić information content (AvgIpc) is 2.84. The Morgan fingerprint density at radius 2 is 2.24 bits per heavy atom. The van der Waals surface area contributed by atoms with Crippen molar-refractivity contribution >= 4 is 11.6 Å². The Labute approximate surface area is 102 Å². The van der Waals surface area contributed by atoms with Gasteiger partial charge < -0.3 is 5.32 Å². The summed E-state index contributed by atoms with van der Waals surface area (Å²) in [5.74, 6) is 0.858. The lowest BCUT2D eigenvalue weighted by Gasteiger charge is -2.16. The van der Waals surface area contributed by atoms with Crippen molar-refractivity contribution < 1.29 is 4.79 Å². The van der Waals surface area contributed by atoms with Gasteiger partial charge in [0.1, 0.15) is 0 Å². The zero-order chi connectivity index (χ0) is 12.5. The highest BCUT2D eigenvalue weighted by Gasteiger charge is 2.22. The fraction of sp³-hybridized carbons (Fsp3) is 0.692. The molecular formula is C13H21N3O. The smallest absolute Gasteiger partial charge is 0.224 e. The number of carbonyl (C=O) groups excluding carboxylic acids is 1. The third-order valence-electron chi connectivity index (χ3n) is 2.75. The summed E-state index contributed by atoms with van der Waals surface area (Å²) in [6, 6.07) is 0. The highest BCUT2D eigenvalue weighted by atomic mass is 16.1. The van der Waals surface area contributed by atoms with Crippen LogP contribution in [-0.4, -0.2) is 15.7 Å². The van der Waals surface area contributed by atoms with Crippen molar-refractivity contribution in [1.29, 1.82) is 0 Å². The van der Waals surface area contributed by atoms with Gasteiger partial charge in [0.15, 0.2) is 0 Å². The number of rotatable bonds is 4. The van der Waals surface area contributed by atoms with Gasteiger partial charge in [-0.1, -0.05) is 20.8 Å². The Morgan fingerprint density at radius 1 is 1.53 bits per heavy atom. The summed E-state index contributed by atoms with van der Waals surface area (Å²) in [5.41, 5.74) is 0.827. The van der Waals surface area contributed by atoms with Gasteiger partial charge in [-0.15, -0.1) is 0 Å². The number of nitrogens with one attached hydrogen (secondary N) is 1. The van der Waals surface area contributed by atoms with Crippen LogP contribution in [0.4, 0.5) is 5.69 Å².